The number of aryl methyl sites for hydroxylation is 3. The van der Waals surface area contributed by atoms with Crippen LogP contribution in [0.1, 0.15) is 32.6 Å². The molecule has 0 spiro atoms. The third-order valence-electron chi connectivity index (χ3n) is 6.32. The predicted octanol–water partition coefficient (Wildman–Crippen LogP) is 5.77. The van der Waals surface area contributed by atoms with Crippen LogP contribution in [-0.4, -0.2) is 22.7 Å². The summed E-state index contributed by atoms with van der Waals surface area (Å²) in [7, 11) is -7.78. The number of sulfonamides is 2. The van der Waals surface area contributed by atoms with Crippen LogP contribution in [0, 0.1) is 27.7 Å². The van der Waals surface area contributed by atoms with Gasteiger partial charge < -0.3 is 5.32 Å². The minimum atomic E-state index is -3.97. The van der Waals surface area contributed by atoms with E-state index in [9.17, 15) is 21.6 Å². The quantitative estimate of drug-likeness (QED) is 0.251. The van der Waals surface area contributed by atoms with E-state index in [0.29, 0.717) is 22.6 Å². The molecule has 0 heterocycles. The highest BCUT2D eigenvalue weighted by molar-refractivity contribution is 7.93. The van der Waals surface area contributed by atoms with Crippen molar-refractivity contribution in [3.63, 3.8) is 0 Å². The highest BCUT2D eigenvalue weighted by Crippen LogP contribution is 2.25. The Morgan fingerprint density at radius 2 is 1.28 bits per heavy atom. The van der Waals surface area contributed by atoms with Crippen LogP contribution in [0.25, 0.3) is 0 Å². The molecule has 0 saturated carbocycles. The topological polar surface area (TPSA) is 121 Å². The maximum absolute atomic E-state index is 13.2. The predicted molar refractivity (Wildman–Crippen MR) is 154 cm³/mol. The second kappa shape index (κ2) is 10.9. The van der Waals surface area contributed by atoms with Crippen LogP contribution >= 0.6 is 0 Å². The molecule has 0 aromatic heterocycles. The maximum atomic E-state index is 13.2. The van der Waals surface area contributed by atoms with E-state index in [1.165, 1.54) is 36.4 Å². The number of benzene rings is 4. The van der Waals surface area contributed by atoms with E-state index in [1.54, 1.807) is 49.4 Å². The summed E-state index contributed by atoms with van der Waals surface area (Å²) < 4.78 is 57.0. The largest absolute Gasteiger partial charge is 0.322 e. The van der Waals surface area contributed by atoms with Crippen molar-refractivity contribution in [2.24, 2.45) is 0 Å². The standard InChI is InChI=1S/C29H29N3O5S2/c1-19-8-12-25(13-9-19)31-38(34,35)26-16-14-24(15-17-26)30-29(33)23-11-10-21(3)28(18-23)39(36,37)32-27-7-5-6-20(2)22(27)4/h5-18,31-32H,1-4H3,(H,30,33). The third kappa shape index (κ3) is 6.47. The van der Waals surface area contributed by atoms with E-state index in [2.05, 4.69) is 14.8 Å². The molecule has 4 aromatic carbocycles. The summed E-state index contributed by atoms with van der Waals surface area (Å²) >= 11 is 0. The first-order valence-electron chi connectivity index (χ1n) is 12.1. The summed E-state index contributed by atoms with van der Waals surface area (Å²) in [6, 6.07) is 22.4. The van der Waals surface area contributed by atoms with Crippen molar-refractivity contribution in [2.45, 2.75) is 37.5 Å². The average Bonchev–Trinajstić information content (AvgIpc) is 2.88. The fourth-order valence-electron chi connectivity index (χ4n) is 3.85. The van der Waals surface area contributed by atoms with Gasteiger partial charge in [0.2, 0.25) is 0 Å². The van der Waals surface area contributed by atoms with Gasteiger partial charge in [0.1, 0.15) is 0 Å². The summed E-state index contributed by atoms with van der Waals surface area (Å²) in [5.41, 5.74) is 4.66. The highest BCUT2D eigenvalue weighted by atomic mass is 32.2. The van der Waals surface area contributed by atoms with Gasteiger partial charge in [-0.05, 0) is 99.0 Å². The minimum absolute atomic E-state index is 0.0142. The van der Waals surface area contributed by atoms with Gasteiger partial charge in [0.15, 0.2) is 0 Å². The zero-order chi connectivity index (χ0) is 28.4. The Kier molecular flexibility index (Phi) is 7.80. The molecule has 202 valence electrons. The van der Waals surface area contributed by atoms with Crippen molar-refractivity contribution >= 4 is 43.0 Å². The molecule has 4 aromatic rings. The fraction of sp³-hybridized carbons (Fsp3) is 0.138. The van der Waals surface area contributed by atoms with Crippen molar-refractivity contribution < 1.29 is 21.6 Å². The first-order chi connectivity index (χ1) is 18.4. The molecule has 8 nitrogen and oxygen atoms in total. The summed E-state index contributed by atoms with van der Waals surface area (Å²) in [6.07, 6.45) is 0. The molecule has 3 N–H and O–H groups in total. The average molecular weight is 564 g/mol. The summed E-state index contributed by atoms with van der Waals surface area (Å²) in [5, 5.41) is 2.69. The molecule has 0 saturated heterocycles. The highest BCUT2D eigenvalue weighted by Gasteiger charge is 2.21. The smallest absolute Gasteiger partial charge is 0.262 e. The van der Waals surface area contributed by atoms with Crippen molar-refractivity contribution in [3.05, 3.63) is 113 Å². The van der Waals surface area contributed by atoms with Crippen LogP contribution in [0.4, 0.5) is 17.1 Å². The monoisotopic (exact) mass is 563 g/mol. The van der Waals surface area contributed by atoms with Crippen LogP contribution in [0.2, 0.25) is 0 Å². The van der Waals surface area contributed by atoms with Gasteiger partial charge in [0.05, 0.1) is 15.5 Å². The van der Waals surface area contributed by atoms with Crippen molar-refractivity contribution in [1.82, 2.24) is 0 Å². The van der Waals surface area contributed by atoms with Gasteiger partial charge in [-0.2, -0.15) is 0 Å². The molecule has 0 atom stereocenters. The Bertz CT molecular complexity index is 1750. The number of nitrogens with one attached hydrogen (secondary N) is 3. The molecule has 0 fully saturated rings. The second-order valence-corrected chi connectivity index (χ2v) is 12.6. The van der Waals surface area contributed by atoms with Gasteiger partial charge in [-0.1, -0.05) is 35.9 Å². The van der Waals surface area contributed by atoms with Gasteiger partial charge >= 0.3 is 0 Å². The molecule has 39 heavy (non-hydrogen) atoms. The second-order valence-electron chi connectivity index (χ2n) is 9.28. The first kappa shape index (κ1) is 27.9. The summed E-state index contributed by atoms with van der Waals surface area (Å²) in [5.74, 6) is -0.536. The number of carbonyl (C=O) groups is 1. The van der Waals surface area contributed by atoms with E-state index in [1.807, 2.05) is 26.8 Å². The van der Waals surface area contributed by atoms with Crippen molar-refractivity contribution in [3.8, 4) is 0 Å². The molecule has 10 heteroatoms. The molecule has 1 amide bonds. The number of amides is 1. The van der Waals surface area contributed by atoms with E-state index < -0.39 is 26.0 Å². The van der Waals surface area contributed by atoms with Crippen LogP contribution in [0.15, 0.2) is 94.7 Å². The Labute approximate surface area is 229 Å². The van der Waals surface area contributed by atoms with Gasteiger partial charge in [-0.25, -0.2) is 16.8 Å². The molecule has 0 aliphatic carbocycles. The Morgan fingerprint density at radius 3 is 1.95 bits per heavy atom. The molecule has 0 unspecified atom stereocenters. The lowest BCUT2D eigenvalue weighted by Gasteiger charge is -2.15. The van der Waals surface area contributed by atoms with Crippen molar-refractivity contribution in [1.29, 1.82) is 0 Å². The minimum Gasteiger partial charge on any atom is -0.322 e. The van der Waals surface area contributed by atoms with E-state index in [0.717, 1.165) is 16.7 Å². The van der Waals surface area contributed by atoms with E-state index in [4.69, 9.17) is 0 Å². The summed E-state index contributed by atoms with van der Waals surface area (Å²) in [4.78, 5) is 13.0. The Morgan fingerprint density at radius 1 is 0.641 bits per heavy atom. The van der Waals surface area contributed by atoms with Crippen LogP contribution in [0.3, 0.4) is 0 Å². The number of rotatable bonds is 8. The SMILES string of the molecule is Cc1ccc(NS(=O)(=O)c2ccc(NC(=O)c3ccc(C)c(S(=O)(=O)Nc4cccc(C)c4C)c3)cc2)cc1. The fourth-order valence-corrected chi connectivity index (χ4v) is 6.30. The van der Waals surface area contributed by atoms with Gasteiger partial charge in [-0.3, -0.25) is 14.2 Å². The summed E-state index contributed by atoms with van der Waals surface area (Å²) in [6.45, 7) is 7.29. The zero-order valence-corrected chi connectivity index (χ0v) is 23.6. The van der Waals surface area contributed by atoms with E-state index >= 15 is 0 Å². The maximum Gasteiger partial charge on any atom is 0.262 e. The lowest BCUT2D eigenvalue weighted by Crippen LogP contribution is -2.18. The molecule has 0 aliphatic rings. The Hall–Kier alpha value is -4.15. The zero-order valence-electron chi connectivity index (χ0n) is 21.9. The molecule has 0 aliphatic heterocycles. The lowest BCUT2D eigenvalue weighted by atomic mass is 10.1. The number of carbonyl (C=O) groups excluding carboxylic acids is 1. The molecule has 4 rings (SSSR count). The molecular weight excluding hydrogens is 534 g/mol. The Balaban J connectivity index is 1.51. The van der Waals surface area contributed by atoms with Crippen LogP contribution < -0.4 is 14.8 Å². The van der Waals surface area contributed by atoms with Gasteiger partial charge in [0, 0.05) is 16.9 Å². The number of hydrogen-bond acceptors (Lipinski definition) is 5. The number of anilines is 3. The van der Waals surface area contributed by atoms with Gasteiger partial charge in [0.25, 0.3) is 26.0 Å². The van der Waals surface area contributed by atoms with E-state index in [-0.39, 0.29) is 15.4 Å². The molecule has 0 radical (unpaired) electrons. The lowest BCUT2D eigenvalue weighted by molar-refractivity contribution is 0.102. The van der Waals surface area contributed by atoms with Crippen LogP contribution in [0.5, 0.6) is 0 Å². The van der Waals surface area contributed by atoms with Gasteiger partial charge in [-0.15, -0.1) is 0 Å². The van der Waals surface area contributed by atoms with Crippen LogP contribution in [-0.2, 0) is 20.0 Å². The molecule has 0 bridgehead atoms. The molecular formula is C29H29N3O5S2. The van der Waals surface area contributed by atoms with Crippen molar-refractivity contribution in [2.75, 3.05) is 14.8 Å². The normalized spacial score (nSPS) is 11.6. The first-order valence-corrected chi connectivity index (χ1v) is 15.0. The number of hydrogen-bond donors (Lipinski definition) is 3. The third-order valence-corrected chi connectivity index (χ3v) is 9.22.